The van der Waals surface area contributed by atoms with E-state index in [0.29, 0.717) is 16.9 Å². The molecule has 0 unspecified atom stereocenters. The van der Waals surface area contributed by atoms with Crippen LogP contribution in [0.1, 0.15) is 27.2 Å². The Hall–Kier alpha value is -3.15. The molecule has 0 spiro atoms. The van der Waals surface area contributed by atoms with Gasteiger partial charge < -0.3 is 9.32 Å². The minimum atomic E-state index is -3.67. The second-order valence-corrected chi connectivity index (χ2v) is 9.28. The predicted molar refractivity (Wildman–Crippen MR) is 112 cm³/mol. The maximum Gasteiger partial charge on any atom is 0.289 e. The molecule has 1 aliphatic heterocycles. The fourth-order valence-electron chi connectivity index (χ4n) is 3.71. The van der Waals surface area contributed by atoms with E-state index in [4.69, 9.17) is 9.68 Å². The first-order chi connectivity index (χ1) is 14.3. The van der Waals surface area contributed by atoms with Crippen molar-refractivity contribution in [1.29, 1.82) is 5.26 Å². The molecule has 2 aromatic carbocycles. The number of carbonyl (C=O) groups is 1. The highest BCUT2D eigenvalue weighted by molar-refractivity contribution is 7.89. The van der Waals surface area contributed by atoms with Gasteiger partial charge in [-0.2, -0.15) is 9.57 Å². The summed E-state index contributed by atoms with van der Waals surface area (Å²) in [7, 11) is -3.67. The van der Waals surface area contributed by atoms with E-state index in [1.165, 1.54) is 28.6 Å². The summed E-state index contributed by atoms with van der Waals surface area (Å²) in [6, 6.07) is 13.6. The molecule has 7 nitrogen and oxygen atoms in total. The van der Waals surface area contributed by atoms with Crippen molar-refractivity contribution in [2.24, 2.45) is 0 Å². The number of nitrogens with zero attached hydrogens (tertiary/aromatic N) is 3. The number of para-hydroxylation sites is 1. The summed E-state index contributed by atoms with van der Waals surface area (Å²) in [5.74, 6) is 0.0845. The summed E-state index contributed by atoms with van der Waals surface area (Å²) in [5.41, 5.74) is 2.88. The zero-order chi connectivity index (χ0) is 21.5. The molecule has 1 amide bonds. The van der Waals surface area contributed by atoms with E-state index in [1.54, 1.807) is 4.90 Å². The largest absolute Gasteiger partial charge is 0.450 e. The Balaban J connectivity index is 1.50. The number of carbonyl (C=O) groups excluding carboxylic acids is 1. The topological polar surface area (TPSA) is 94.6 Å². The van der Waals surface area contributed by atoms with Crippen LogP contribution < -0.4 is 0 Å². The number of nitriles is 1. The van der Waals surface area contributed by atoms with Crippen molar-refractivity contribution in [3.8, 4) is 6.07 Å². The first-order valence-electron chi connectivity index (χ1n) is 9.61. The highest BCUT2D eigenvalue weighted by atomic mass is 32.2. The monoisotopic (exact) mass is 423 g/mol. The number of aryl methyl sites for hydroxylation is 2. The standard InChI is InChI=1S/C22H21N3O4S/c1-15-4-3-5-19-16(2)21(29-20(15)19)22(26)24-10-12-25(13-11-24)30(27,28)18-8-6-17(14-23)7-9-18/h3-9H,10-13H2,1-2H3. The lowest BCUT2D eigenvalue weighted by Crippen LogP contribution is -2.50. The van der Waals surface area contributed by atoms with Gasteiger partial charge >= 0.3 is 0 Å². The lowest BCUT2D eigenvalue weighted by Gasteiger charge is -2.33. The number of piperazine rings is 1. The minimum Gasteiger partial charge on any atom is -0.450 e. The fraction of sp³-hybridized carbons (Fsp3) is 0.273. The van der Waals surface area contributed by atoms with Crippen molar-refractivity contribution < 1.29 is 17.6 Å². The Morgan fingerprint density at radius 2 is 1.70 bits per heavy atom. The van der Waals surface area contributed by atoms with Crippen molar-refractivity contribution in [2.75, 3.05) is 26.2 Å². The third-order valence-corrected chi connectivity index (χ3v) is 7.41. The molecule has 2 heterocycles. The molecular weight excluding hydrogens is 402 g/mol. The molecule has 0 atom stereocenters. The molecule has 30 heavy (non-hydrogen) atoms. The van der Waals surface area contributed by atoms with Crippen molar-refractivity contribution in [3.05, 3.63) is 64.9 Å². The first kappa shape index (κ1) is 20.1. The van der Waals surface area contributed by atoms with Crippen LogP contribution in [0.4, 0.5) is 0 Å². The molecule has 0 saturated carbocycles. The molecule has 1 aliphatic rings. The van der Waals surface area contributed by atoms with Crippen molar-refractivity contribution in [3.63, 3.8) is 0 Å². The Morgan fingerprint density at radius 1 is 1.03 bits per heavy atom. The smallest absolute Gasteiger partial charge is 0.289 e. The van der Waals surface area contributed by atoms with Crippen molar-refractivity contribution >= 4 is 26.9 Å². The molecule has 1 aromatic heterocycles. The molecule has 8 heteroatoms. The average molecular weight is 423 g/mol. The molecule has 0 N–H and O–H groups in total. The maximum atomic E-state index is 13.0. The molecule has 4 rings (SSSR count). The van der Waals surface area contributed by atoms with Crippen LogP contribution in [-0.4, -0.2) is 49.7 Å². The summed E-state index contributed by atoms with van der Waals surface area (Å²) in [5, 5.41) is 9.80. The van der Waals surface area contributed by atoms with Crippen LogP contribution in [0.15, 0.2) is 51.8 Å². The van der Waals surface area contributed by atoms with Crippen LogP contribution in [0.25, 0.3) is 11.0 Å². The lowest BCUT2D eigenvalue weighted by molar-refractivity contribution is 0.0667. The third-order valence-electron chi connectivity index (χ3n) is 5.50. The molecule has 1 saturated heterocycles. The summed E-state index contributed by atoms with van der Waals surface area (Å²) in [6.45, 7) is 4.77. The number of furan rings is 1. The second kappa shape index (κ2) is 7.59. The minimum absolute atomic E-state index is 0.143. The van der Waals surface area contributed by atoms with Crippen LogP contribution in [0.3, 0.4) is 0 Å². The molecule has 0 radical (unpaired) electrons. The van der Waals surface area contributed by atoms with Gasteiger partial charge in [-0.25, -0.2) is 8.42 Å². The molecule has 0 bridgehead atoms. The quantitative estimate of drug-likeness (QED) is 0.645. The summed E-state index contributed by atoms with van der Waals surface area (Å²) in [6.07, 6.45) is 0. The maximum absolute atomic E-state index is 13.0. The molecule has 3 aromatic rings. The van der Waals surface area contributed by atoms with Gasteiger partial charge in [0.05, 0.1) is 16.5 Å². The van der Waals surface area contributed by atoms with E-state index in [1.807, 2.05) is 38.1 Å². The number of hydrogen-bond acceptors (Lipinski definition) is 5. The van der Waals surface area contributed by atoms with Gasteiger partial charge in [0.1, 0.15) is 5.58 Å². The zero-order valence-electron chi connectivity index (χ0n) is 16.8. The van der Waals surface area contributed by atoms with Crippen LogP contribution >= 0.6 is 0 Å². The predicted octanol–water partition coefficient (Wildman–Crippen LogP) is 3.07. The Labute approximate surface area is 175 Å². The van der Waals surface area contributed by atoms with Gasteiger partial charge in [-0.3, -0.25) is 4.79 Å². The zero-order valence-corrected chi connectivity index (χ0v) is 17.6. The van der Waals surface area contributed by atoms with Gasteiger partial charge in [-0.15, -0.1) is 0 Å². The number of amides is 1. The number of hydrogen-bond donors (Lipinski definition) is 0. The number of fused-ring (bicyclic) bond motifs is 1. The van der Waals surface area contributed by atoms with Crippen LogP contribution in [0.2, 0.25) is 0 Å². The Morgan fingerprint density at radius 3 is 2.30 bits per heavy atom. The lowest BCUT2D eigenvalue weighted by atomic mass is 10.1. The summed E-state index contributed by atoms with van der Waals surface area (Å²) < 4.78 is 33.0. The van der Waals surface area contributed by atoms with E-state index in [-0.39, 0.29) is 37.0 Å². The van der Waals surface area contributed by atoms with E-state index in [0.717, 1.165) is 16.5 Å². The van der Waals surface area contributed by atoms with Gasteiger partial charge in [0, 0.05) is 37.1 Å². The van der Waals surface area contributed by atoms with Gasteiger partial charge in [-0.05, 0) is 43.7 Å². The van der Waals surface area contributed by atoms with E-state index >= 15 is 0 Å². The van der Waals surface area contributed by atoms with Crippen LogP contribution in [0.5, 0.6) is 0 Å². The van der Waals surface area contributed by atoms with E-state index < -0.39 is 10.0 Å². The molecular formula is C22H21N3O4S. The van der Waals surface area contributed by atoms with E-state index in [2.05, 4.69) is 0 Å². The number of benzene rings is 2. The van der Waals surface area contributed by atoms with E-state index in [9.17, 15) is 13.2 Å². The summed E-state index contributed by atoms with van der Waals surface area (Å²) >= 11 is 0. The highest BCUT2D eigenvalue weighted by Gasteiger charge is 2.32. The van der Waals surface area contributed by atoms with Crippen molar-refractivity contribution in [2.45, 2.75) is 18.7 Å². The Kier molecular flexibility index (Phi) is 5.10. The van der Waals surface area contributed by atoms with Gasteiger partial charge in [0.15, 0.2) is 5.76 Å². The van der Waals surface area contributed by atoms with Crippen LogP contribution in [-0.2, 0) is 10.0 Å². The summed E-state index contributed by atoms with van der Waals surface area (Å²) in [4.78, 5) is 14.8. The first-order valence-corrected chi connectivity index (χ1v) is 11.0. The molecule has 1 fully saturated rings. The molecule has 154 valence electrons. The normalized spacial score (nSPS) is 15.3. The Bertz CT molecular complexity index is 1260. The van der Waals surface area contributed by atoms with Crippen molar-refractivity contribution in [1.82, 2.24) is 9.21 Å². The average Bonchev–Trinajstić information content (AvgIpc) is 3.11. The second-order valence-electron chi connectivity index (χ2n) is 7.34. The fourth-order valence-corrected chi connectivity index (χ4v) is 5.14. The molecule has 0 aliphatic carbocycles. The van der Waals surface area contributed by atoms with Gasteiger partial charge in [-0.1, -0.05) is 18.2 Å². The highest BCUT2D eigenvalue weighted by Crippen LogP contribution is 2.29. The van der Waals surface area contributed by atoms with Crippen LogP contribution in [0, 0.1) is 25.2 Å². The van der Waals surface area contributed by atoms with Gasteiger partial charge in [0.25, 0.3) is 5.91 Å². The third kappa shape index (κ3) is 3.36. The van der Waals surface area contributed by atoms with Gasteiger partial charge in [0.2, 0.25) is 10.0 Å². The number of rotatable bonds is 3. The number of sulfonamides is 1. The SMILES string of the molecule is Cc1c(C(=O)N2CCN(S(=O)(=O)c3ccc(C#N)cc3)CC2)oc2c(C)cccc12.